The first-order valence-electron chi connectivity index (χ1n) is 11.2. The highest BCUT2D eigenvalue weighted by molar-refractivity contribution is 7.89. The van der Waals surface area contributed by atoms with Crippen molar-refractivity contribution in [2.75, 3.05) is 18.0 Å². The summed E-state index contributed by atoms with van der Waals surface area (Å²) < 4.78 is 41.3. The van der Waals surface area contributed by atoms with Crippen LogP contribution in [0.15, 0.2) is 47.4 Å². The number of hydrogen-bond acceptors (Lipinski definition) is 4. The zero-order chi connectivity index (χ0) is 23.6. The molecule has 0 aromatic heterocycles. The van der Waals surface area contributed by atoms with E-state index in [1.807, 2.05) is 0 Å². The first-order valence-corrected chi connectivity index (χ1v) is 12.7. The lowest BCUT2D eigenvalue weighted by molar-refractivity contribution is -0.125. The van der Waals surface area contributed by atoms with Crippen LogP contribution in [-0.4, -0.2) is 43.7 Å². The fraction of sp³-hybridized carbons (Fsp3) is 0.417. The standard InChI is InChI=1S/C24H28FN3O4S/c1-17(29)28-22-10-9-21(33(31,32)27-11-4-2-3-5-12-27)14-19(22)15-23(28)24(30)26-16-18-7-6-8-20(25)13-18/h6-10,13-14,23H,2-5,11-12,15-16H2,1H3,(H,26,30)/t23-/m0/s1. The molecule has 7 nitrogen and oxygen atoms in total. The zero-order valence-corrected chi connectivity index (χ0v) is 19.4. The fourth-order valence-corrected chi connectivity index (χ4v) is 6.14. The average molecular weight is 474 g/mol. The highest BCUT2D eigenvalue weighted by Gasteiger charge is 2.38. The van der Waals surface area contributed by atoms with Gasteiger partial charge >= 0.3 is 0 Å². The van der Waals surface area contributed by atoms with Gasteiger partial charge in [-0.1, -0.05) is 25.0 Å². The predicted octanol–water partition coefficient (Wildman–Crippen LogP) is 2.98. The van der Waals surface area contributed by atoms with Crippen molar-refractivity contribution in [3.05, 3.63) is 59.4 Å². The Morgan fingerprint density at radius 1 is 1.06 bits per heavy atom. The van der Waals surface area contributed by atoms with Crippen LogP contribution in [0.25, 0.3) is 0 Å². The summed E-state index contributed by atoms with van der Waals surface area (Å²) >= 11 is 0. The third-order valence-electron chi connectivity index (χ3n) is 6.24. The van der Waals surface area contributed by atoms with Gasteiger partial charge in [0.05, 0.1) is 4.90 Å². The van der Waals surface area contributed by atoms with E-state index >= 15 is 0 Å². The molecule has 2 aliphatic rings. The lowest BCUT2D eigenvalue weighted by Crippen LogP contribution is -2.47. The van der Waals surface area contributed by atoms with Crippen molar-refractivity contribution in [3.63, 3.8) is 0 Å². The summed E-state index contributed by atoms with van der Waals surface area (Å²) in [6.45, 7) is 2.52. The van der Waals surface area contributed by atoms with Crippen molar-refractivity contribution in [3.8, 4) is 0 Å². The molecule has 0 bridgehead atoms. The van der Waals surface area contributed by atoms with Crippen LogP contribution in [0.3, 0.4) is 0 Å². The number of halogens is 1. The first kappa shape index (κ1) is 23.4. The summed E-state index contributed by atoms with van der Waals surface area (Å²) in [6, 6.07) is 9.86. The van der Waals surface area contributed by atoms with Crippen molar-refractivity contribution < 1.29 is 22.4 Å². The summed E-state index contributed by atoms with van der Waals surface area (Å²) in [4.78, 5) is 26.9. The summed E-state index contributed by atoms with van der Waals surface area (Å²) in [5.74, 6) is -1.07. The summed E-state index contributed by atoms with van der Waals surface area (Å²) in [5, 5.41) is 2.77. The van der Waals surface area contributed by atoms with Crippen molar-refractivity contribution in [2.24, 2.45) is 0 Å². The van der Waals surface area contributed by atoms with E-state index in [2.05, 4.69) is 5.32 Å². The molecule has 1 saturated heterocycles. The van der Waals surface area contributed by atoms with E-state index in [1.165, 1.54) is 34.3 Å². The Labute approximate surface area is 193 Å². The van der Waals surface area contributed by atoms with Crippen LogP contribution in [0.4, 0.5) is 10.1 Å². The van der Waals surface area contributed by atoms with Gasteiger partial charge in [0.1, 0.15) is 11.9 Å². The molecule has 33 heavy (non-hydrogen) atoms. The maximum atomic E-state index is 13.4. The van der Waals surface area contributed by atoms with E-state index < -0.39 is 21.9 Å². The van der Waals surface area contributed by atoms with Crippen LogP contribution in [0.2, 0.25) is 0 Å². The van der Waals surface area contributed by atoms with E-state index in [1.54, 1.807) is 24.3 Å². The summed E-state index contributed by atoms with van der Waals surface area (Å²) in [5.41, 5.74) is 1.80. The molecule has 2 heterocycles. The van der Waals surface area contributed by atoms with Crippen LogP contribution in [0, 0.1) is 5.82 Å². The monoisotopic (exact) mass is 473 g/mol. The van der Waals surface area contributed by atoms with E-state index in [9.17, 15) is 22.4 Å². The molecule has 4 rings (SSSR count). The predicted molar refractivity (Wildman–Crippen MR) is 123 cm³/mol. The van der Waals surface area contributed by atoms with Gasteiger partial charge in [-0.05, 0) is 54.3 Å². The normalized spacial score (nSPS) is 19.1. The van der Waals surface area contributed by atoms with Crippen LogP contribution in [-0.2, 0) is 32.6 Å². The molecule has 2 aliphatic heterocycles. The lowest BCUT2D eigenvalue weighted by Gasteiger charge is -2.24. The van der Waals surface area contributed by atoms with Crippen LogP contribution >= 0.6 is 0 Å². The van der Waals surface area contributed by atoms with Gasteiger partial charge in [-0.3, -0.25) is 14.5 Å². The largest absolute Gasteiger partial charge is 0.350 e. The van der Waals surface area contributed by atoms with Gasteiger partial charge in [0.25, 0.3) is 0 Å². The third-order valence-corrected chi connectivity index (χ3v) is 8.13. The number of benzene rings is 2. The van der Waals surface area contributed by atoms with Gasteiger partial charge in [-0.25, -0.2) is 12.8 Å². The van der Waals surface area contributed by atoms with E-state index in [4.69, 9.17) is 0 Å². The Bertz CT molecular complexity index is 1160. The highest BCUT2D eigenvalue weighted by Crippen LogP contribution is 2.35. The van der Waals surface area contributed by atoms with Crippen LogP contribution in [0.5, 0.6) is 0 Å². The number of anilines is 1. The number of fused-ring (bicyclic) bond motifs is 1. The Kier molecular flexibility index (Phi) is 6.81. The molecule has 0 aliphatic carbocycles. The number of hydrogen-bond donors (Lipinski definition) is 1. The number of nitrogens with zero attached hydrogens (tertiary/aromatic N) is 2. The Hall–Kier alpha value is -2.78. The number of carbonyl (C=O) groups excluding carboxylic acids is 2. The second-order valence-corrected chi connectivity index (χ2v) is 10.5. The number of carbonyl (C=O) groups is 2. The number of rotatable bonds is 5. The Morgan fingerprint density at radius 2 is 1.79 bits per heavy atom. The average Bonchev–Trinajstić information content (AvgIpc) is 2.95. The molecule has 0 radical (unpaired) electrons. The molecule has 0 spiro atoms. The van der Waals surface area contributed by atoms with Crippen LogP contribution in [0.1, 0.15) is 43.7 Å². The molecule has 176 valence electrons. The van der Waals surface area contributed by atoms with E-state index in [0.29, 0.717) is 29.9 Å². The summed E-state index contributed by atoms with van der Waals surface area (Å²) in [7, 11) is -3.64. The van der Waals surface area contributed by atoms with Crippen molar-refractivity contribution in [1.29, 1.82) is 0 Å². The molecule has 2 aromatic carbocycles. The number of nitrogens with one attached hydrogen (secondary N) is 1. The van der Waals surface area contributed by atoms with Gasteiger partial charge in [0, 0.05) is 38.7 Å². The quantitative estimate of drug-likeness (QED) is 0.723. The minimum absolute atomic E-state index is 0.129. The lowest BCUT2D eigenvalue weighted by atomic mass is 10.1. The number of sulfonamides is 1. The van der Waals surface area contributed by atoms with Crippen molar-refractivity contribution >= 4 is 27.5 Å². The Balaban J connectivity index is 1.54. The third kappa shape index (κ3) is 4.94. The first-order chi connectivity index (χ1) is 15.8. The van der Waals surface area contributed by atoms with Gasteiger partial charge in [-0.15, -0.1) is 0 Å². The molecule has 1 fully saturated rings. The molecule has 2 aromatic rings. The molecular weight excluding hydrogens is 445 g/mol. The fourth-order valence-electron chi connectivity index (χ4n) is 4.57. The maximum absolute atomic E-state index is 13.4. The van der Waals surface area contributed by atoms with Gasteiger partial charge in [-0.2, -0.15) is 4.31 Å². The second-order valence-electron chi connectivity index (χ2n) is 8.57. The molecular formula is C24H28FN3O4S. The highest BCUT2D eigenvalue weighted by atomic mass is 32.2. The smallest absolute Gasteiger partial charge is 0.243 e. The number of amides is 2. The zero-order valence-electron chi connectivity index (χ0n) is 18.6. The van der Waals surface area contributed by atoms with Gasteiger partial charge < -0.3 is 5.32 Å². The molecule has 9 heteroatoms. The van der Waals surface area contributed by atoms with Crippen molar-refractivity contribution in [2.45, 2.75) is 56.5 Å². The SMILES string of the molecule is CC(=O)N1c2ccc(S(=O)(=O)N3CCCCCC3)cc2C[C@H]1C(=O)NCc1cccc(F)c1. The molecule has 0 saturated carbocycles. The minimum Gasteiger partial charge on any atom is -0.350 e. The molecule has 2 amide bonds. The molecule has 0 unspecified atom stereocenters. The maximum Gasteiger partial charge on any atom is 0.243 e. The van der Waals surface area contributed by atoms with Crippen LogP contribution < -0.4 is 10.2 Å². The van der Waals surface area contributed by atoms with Crippen molar-refractivity contribution in [1.82, 2.24) is 9.62 Å². The van der Waals surface area contributed by atoms with Gasteiger partial charge in [0.15, 0.2) is 0 Å². The van der Waals surface area contributed by atoms with E-state index in [0.717, 1.165) is 25.7 Å². The summed E-state index contributed by atoms with van der Waals surface area (Å²) in [6.07, 6.45) is 3.95. The molecule has 1 N–H and O–H groups in total. The van der Waals surface area contributed by atoms with Gasteiger partial charge in [0.2, 0.25) is 21.8 Å². The Morgan fingerprint density at radius 3 is 2.45 bits per heavy atom. The molecule has 1 atom stereocenters. The van der Waals surface area contributed by atoms with E-state index in [-0.39, 0.29) is 29.7 Å². The minimum atomic E-state index is -3.64. The topological polar surface area (TPSA) is 86.8 Å². The second kappa shape index (κ2) is 9.61.